The summed E-state index contributed by atoms with van der Waals surface area (Å²) < 4.78 is 0. The van der Waals surface area contributed by atoms with Gasteiger partial charge >= 0.3 is 0 Å². The third-order valence-corrected chi connectivity index (χ3v) is 3.51. The minimum atomic E-state index is 0.387. The number of hydrogen-bond donors (Lipinski definition) is 1. The third kappa shape index (κ3) is 4.52. The fourth-order valence-electron chi connectivity index (χ4n) is 2.36. The molecule has 1 unspecified atom stereocenters. The van der Waals surface area contributed by atoms with Crippen molar-refractivity contribution in [2.45, 2.75) is 52.5 Å². The first-order chi connectivity index (χ1) is 6.92. The van der Waals surface area contributed by atoms with Gasteiger partial charge in [-0.2, -0.15) is 0 Å². The van der Waals surface area contributed by atoms with Gasteiger partial charge in [-0.25, -0.2) is 0 Å². The van der Waals surface area contributed by atoms with E-state index in [1.165, 1.54) is 32.2 Å². The van der Waals surface area contributed by atoms with Crippen molar-refractivity contribution < 1.29 is 0 Å². The first-order valence-corrected chi connectivity index (χ1v) is 6.32. The largest absolute Gasteiger partial charge is 0.329 e. The van der Waals surface area contributed by atoms with Crippen LogP contribution in [0.3, 0.4) is 0 Å². The van der Waals surface area contributed by atoms with E-state index >= 15 is 0 Å². The average molecular weight is 212 g/mol. The molecule has 0 aromatic rings. The third-order valence-electron chi connectivity index (χ3n) is 3.51. The maximum atomic E-state index is 5.87. The fraction of sp³-hybridized carbons (Fsp3) is 1.00. The summed E-state index contributed by atoms with van der Waals surface area (Å²) in [5.41, 5.74) is 6.26. The van der Waals surface area contributed by atoms with E-state index in [0.29, 0.717) is 11.5 Å². The van der Waals surface area contributed by atoms with Crippen LogP contribution >= 0.6 is 0 Å². The van der Waals surface area contributed by atoms with E-state index in [1.54, 1.807) is 0 Å². The van der Waals surface area contributed by atoms with E-state index in [2.05, 4.69) is 32.7 Å². The molecule has 0 spiro atoms. The predicted molar refractivity (Wildman–Crippen MR) is 66.9 cm³/mol. The van der Waals surface area contributed by atoms with Crippen LogP contribution in [0, 0.1) is 11.3 Å². The molecule has 0 bridgehead atoms. The second kappa shape index (κ2) is 5.31. The smallest absolute Gasteiger partial charge is 0.0220 e. The van der Waals surface area contributed by atoms with Gasteiger partial charge in [0.1, 0.15) is 0 Å². The quantitative estimate of drug-likeness (QED) is 0.758. The molecule has 0 aliphatic heterocycles. The standard InChI is InChI=1S/C13H28N2/c1-13(2,3)8-12(9-14)15(4)10-11-6-5-7-11/h11-12H,5-10,14H2,1-4H3. The summed E-state index contributed by atoms with van der Waals surface area (Å²) in [5, 5.41) is 0. The molecule has 0 amide bonds. The molecule has 90 valence electrons. The van der Waals surface area contributed by atoms with Crippen molar-refractivity contribution in [3.05, 3.63) is 0 Å². The summed E-state index contributed by atoms with van der Waals surface area (Å²) in [5.74, 6) is 0.948. The average Bonchev–Trinajstić information content (AvgIpc) is 2.05. The van der Waals surface area contributed by atoms with E-state index in [9.17, 15) is 0 Å². The van der Waals surface area contributed by atoms with Gasteiger partial charge in [-0.3, -0.25) is 0 Å². The highest BCUT2D eigenvalue weighted by atomic mass is 15.1. The Morgan fingerprint density at radius 2 is 1.93 bits per heavy atom. The Morgan fingerprint density at radius 1 is 1.33 bits per heavy atom. The first-order valence-electron chi connectivity index (χ1n) is 6.32. The van der Waals surface area contributed by atoms with Gasteiger partial charge in [0.05, 0.1) is 0 Å². The lowest BCUT2D eigenvalue weighted by molar-refractivity contribution is 0.134. The van der Waals surface area contributed by atoms with Crippen LogP contribution in [0.4, 0.5) is 0 Å². The number of nitrogens with zero attached hydrogens (tertiary/aromatic N) is 1. The normalized spacial score (nSPS) is 20.4. The van der Waals surface area contributed by atoms with Crippen molar-refractivity contribution in [1.82, 2.24) is 4.90 Å². The molecule has 0 heterocycles. The van der Waals surface area contributed by atoms with Crippen LogP contribution < -0.4 is 5.73 Å². The zero-order valence-corrected chi connectivity index (χ0v) is 10.9. The molecule has 0 aromatic heterocycles. The van der Waals surface area contributed by atoms with E-state index in [1.807, 2.05) is 0 Å². The zero-order chi connectivity index (χ0) is 11.5. The van der Waals surface area contributed by atoms with Gasteiger partial charge in [0.25, 0.3) is 0 Å². The van der Waals surface area contributed by atoms with Crippen molar-refractivity contribution >= 4 is 0 Å². The molecule has 0 saturated heterocycles. The molecular formula is C13H28N2. The zero-order valence-electron chi connectivity index (χ0n) is 10.9. The molecule has 1 saturated carbocycles. The molecule has 1 fully saturated rings. The van der Waals surface area contributed by atoms with E-state index in [0.717, 1.165) is 12.5 Å². The minimum absolute atomic E-state index is 0.387. The minimum Gasteiger partial charge on any atom is -0.329 e. The highest BCUT2D eigenvalue weighted by Gasteiger charge is 2.25. The van der Waals surface area contributed by atoms with Gasteiger partial charge in [0, 0.05) is 19.1 Å². The summed E-state index contributed by atoms with van der Waals surface area (Å²) in [7, 11) is 2.24. The molecule has 1 aliphatic rings. The van der Waals surface area contributed by atoms with Crippen molar-refractivity contribution in [2.75, 3.05) is 20.1 Å². The van der Waals surface area contributed by atoms with Crippen molar-refractivity contribution in [3.8, 4) is 0 Å². The van der Waals surface area contributed by atoms with Crippen LogP contribution in [-0.2, 0) is 0 Å². The highest BCUT2D eigenvalue weighted by molar-refractivity contribution is 4.80. The Hall–Kier alpha value is -0.0800. The molecule has 1 aliphatic carbocycles. The van der Waals surface area contributed by atoms with Gasteiger partial charge in [0.15, 0.2) is 0 Å². The number of hydrogen-bond acceptors (Lipinski definition) is 2. The maximum Gasteiger partial charge on any atom is 0.0220 e. The highest BCUT2D eigenvalue weighted by Crippen LogP contribution is 2.29. The van der Waals surface area contributed by atoms with Gasteiger partial charge in [-0.1, -0.05) is 27.2 Å². The topological polar surface area (TPSA) is 29.3 Å². The molecule has 1 atom stereocenters. The monoisotopic (exact) mass is 212 g/mol. The van der Waals surface area contributed by atoms with Gasteiger partial charge in [-0.05, 0) is 37.6 Å². The van der Waals surface area contributed by atoms with Crippen LogP contribution in [0.2, 0.25) is 0 Å². The predicted octanol–water partition coefficient (Wildman–Crippen LogP) is 2.48. The van der Waals surface area contributed by atoms with E-state index in [-0.39, 0.29) is 0 Å². The van der Waals surface area contributed by atoms with Gasteiger partial charge in [-0.15, -0.1) is 0 Å². The number of nitrogens with two attached hydrogens (primary N) is 1. The SMILES string of the molecule is CN(CC1CCC1)C(CN)CC(C)(C)C. The van der Waals surface area contributed by atoms with Crippen molar-refractivity contribution in [3.63, 3.8) is 0 Å². The van der Waals surface area contributed by atoms with Crippen LogP contribution in [0.15, 0.2) is 0 Å². The van der Waals surface area contributed by atoms with Crippen LogP contribution in [0.1, 0.15) is 46.5 Å². The van der Waals surface area contributed by atoms with E-state index < -0.39 is 0 Å². The summed E-state index contributed by atoms with van der Waals surface area (Å²) in [6.07, 6.45) is 5.49. The number of rotatable bonds is 5. The Labute approximate surface area is 95.2 Å². The Kier molecular flexibility index (Phi) is 4.60. The Morgan fingerprint density at radius 3 is 2.27 bits per heavy atom. The number of likely N-dealkylation sites (N-methyl/N-ethyl adjacent to an activating group) is 1. The molecule has 0 aromatic carbocycles. The lowest BCUT2D eigenvalue weighted by atomic mass is 9.83. The van der Waals surface area contributed by atoms with Crippen LogP contribution in [0.25, 0.3) is 0 Å². The second-order valence-corrected chi connectivity index (χ2v) is 6.39. The Balaban J connectivity index is 2.35. The van der Waals surface area contributed by atoms with Crippen LogP contribution in [-0.4, -0.2) is 31.1 Å². The molecule has 1 rings (SSSR count). The molecule has 2 nitrogen and oxygen atoms in total. The summed E-state index contributed by atoms with van der Waals surface area (Å²) in [4.78, 5) is 2.48. The Bertz CT molecular complexity index is 179. The van der Waals surface area contributed by atoms with E-state index in [4.69, 9.17) is 5.73 Å². The summed E-state index contributed by atoms with van der Waals surface area (Å²) in [6, 6.07) is 0.561. The van der Waals surface area contributed by atoms with Crippen molar-refractivity contribution in [2.24, 2.45) is 17.1 Å². The summed E-state index contributed by atoms with van der Waals surface area (Å²) in [6.45, 7) is 8.94. The van der Waals surface area contributed by atoms with Gasteiger partial charge in [0.2, 0.25) is 0 Å². The first kappa shape index (κ1) is 13.0. The molecule has 0 radical (unpaired) electrons. The van der Waals surface area contributed by atoms with Crippen LogP contribution in [0.5, 0.6) is 0 Å². The van der Waals surface area contributed by atoms with Gasteiger partial charge < -0.3 is 10.6 Å². The molecular weight excluding hydrogens is 184 g/mol. The molecule has 2 N–H and O–H groups in total. The summed E-state index contributed by atoms with van der Waals surface area (Å²) >= 11 is 0. The maximum absolute atomic E-state index is 5.87. The fourth-order valence-corrected chi connectivity index (χ4v) is 2.36. The molecule has 2 heteroatoms. The lowest BCUT2D eigenvalue weighted by Gasteiger charge is -2.37. The molecule has 15 heavy (non-hydrogen) atoms. The lowest BCUT2D eigenvalue weighted by Crippen LogP contribution is -2.43. The van der Waals surface area contributed by atoms with Crippen molar-refractivity contribution in [1.29, 1.82) is 0 Å². The second-order valence-electron chi connectivity index (χ2n) is 6.39.